The molecule has 2 rings (SSSR count). The van der Waals surface area contributed by atoms with Crippen LogP contribution in [-0.2, 0) is 10.0 Å². The predicted octanol–water partition coefficient (Wildman–Crippen LogP) is 1.29. The van der Waals surface area contributed by atoms with Crippen molar-refractivity contribution in [3.63, 3.8) is 0 Å². The molecule has 1 aromatic rings. The molecule has 1 fully saturated rings. The van der Waals surface area contributed by atoms with Crippen molar-refractivity contribution in [1.29, 1.82) is 0 Å². The Morgan fingerprint density at radius 2 is 1.90 bits per heavy atom. The van der Waals surface area contributed by atoms with Gasteiger partial charge in [-0.2, -0.15) is 0 Å². The van der Waals surface area contributed by atoms with Gasteiger partial charge in [-0.15, -0.1) is 0 Å². The fourth-order valence-electron chi connectivity index (χ4n) is 2.65. The van der Waals surface area contributed by atoms with Gasteiger partial charge in [-0.3, -0.25) is 4.90 Å². The summed E-state index contributed by atoms with van der Waals surface area (Å²) in [5.41, 5.74) is 1.15. The molecule has 5 nitrogen and oxygen atoms in total. The molecule has 0 amide bonds. The van der Waals surface area contributed by atoms with Gasteiger partial charge in [0.05, 0.1) is 4.90 Å². The van der Waals surface area contributed by atoms with Gasteiger partial charge in [0.25, 0.3) is 0 Å². The van der Waals surface area contributed by atoms with Crippen molar-refractivity contribution in [2.75, 3.05) is 33.7 Å². The molecule has 1 aliphatic rings. The molecule has 0 aliphatic carbocycles. The molecule has 0 aromatic heterocycles. The van der Waals surface area contributed by atoms with Crippen molar-refractivity contribution in [3.05, 3.63) is 29.8 Å². The molecule has 118 valence electrons. The number of hydrogen-bond donors (Lipinski definition) is 1. The minimum atomic E-state index is -3.34. The molecule has 0 spiro atoms. The van der Waals surface area contributed by atoms with E-state index in [2.05, 4.69) is 24.1 Å². The van der Waals surface area contributed by atoms with Crippen LogP contribution in [0.25, 0.3) is 0 Å². The summed E-state index contributed by atoms with van der Waals surface area (Å²) in [6.45, 7) is 7.39. The van der Waals surface area contributed by atoms with E-state index >= 15 is 0 Å². The van der Waals surface area contributed by atoms with Crippen LogP contribution in [0.15, 0.2) is 29.2 Å². The van der Waals surface area contributed by atoms with Crippen LogP contribution in [0.5, 0.6) is 0 Å². The van der Waals surface area contributed by atoms with Gasteiger partial charge in [0.2, 0.25) is 10.0 Å². The summed E-state index contributed by atoms with van der Waals surface area (Å²) >= 11 is 0. The molecule has 2 atom stereocenters. The number of nitrogens with zero attached hydrogens (tertiary/aromatic N) is 2. The van der Waals surface area contributed by atoms with Crippen LogP contribution in [0, 0.1) is 0 Å². The Hall–Kier alpha value is -0.950. The summed E-state index contributed by atoms with van der Waals surface area (Å²) in [6, 6.07) is 8.04. The third-order valence-corrected chi connectivity index (χ3v) is 5.92. The highest BCUT2D eigenvalue weighted by atomic mass is 32.2. The fraction of sp³-hybridized carbons (Fsp3) is 0.600. The number of piperazine rings is 1. The van der Waals surface area contributed by atoms with E-state index in [0.717, 1.165) is 25.2 Å². The van der Waals surface area contributed by atoms with E-state index in [1.807, 2.05) is 12.1 Å². The molecule has 0 saturated carbocycles. The Balaban J connectivity index is 2.15. The van der Waals surface area contributed by atoms with E-state index in [4.69, 9.17) is 0 Å². The van der Waals surface area contributed by atoms with Gasteiger partial charge in [0, 0.05) is 45.8 Å². The highest BCUT2D eigenvalue weighted by molar-refractivity contribution is 7.89. The highest BCUT2D eigenvalue weighted by Crippen LogP contribution is 2.23. The van der Waals surface area contributed by atoms with Crippen LogP contribution in [0.1, 0.15) is 25.5 Å². The molecule has 1 heterocycles. The maximum absolute atomic E-state index is 12.1. The van der Waals surface area contributed by atoms with Gasteiger partial charge in [-0.25, -0.2) is 12.7 Å². The number of rotatable bonds is 4. The third-order valence-electron chi connectivity index (χ3n) is 4.09. The Bertz CT molecular complexity index is 569. The molecule has 21 heavy (non-hydrogen) atoms. The highest BCUT2D eigenvalue weighted by Gasteiger charge is 2.22. The summed E-state index contributed by atoms with van der Waals surface area (Å²) < 4.78 is 25.4. The monoisotopic (exact) mass is 311 g/mol. The quantitative estimate of drug-likeness (QED) is 0.910. The second-order valence-corrected chi connectivity index (χ2v) is 8.03. The van der Waals surface area contributed by atoms with Crippen LogP contribution >= 0.6 is 0 Å². The lowest BCUT2D eigenvalue weighted by Gasteiger charge is -2.36. The average Bonchev–Trinajstić information content (AvgIpc) is 2.46. The molecule has 0 bridgehead atoms. The van der Waals surface area contributed by atoms with Crippen LogP contribution in [-0.4, -0.2) is 57.4 Å². The lowest BCUT2D eigenvalue weighted by Crippen LogP contribution is -2.49. The lowest BCUT2D eigenvalue weighted by atomic mass is 10.1. The van der Waals surface area contributed by atoms with Crippen molar-refractivity contribution in [3.8, 4) is 0 Å². The second kappa shape index (κ2) is 6.44. The summed E-state index contributed by atoms with van der Waals surface area (Å²) in [5, 5.41) is 3.43. The first-order valence-corrected chi connectivity index (χ1v) is 8.76. The Kier molecular flexibility index (Phi) is 5.03. The summed E-state index contributed by atoms with van der Waals surface area (Å²) in [7, 11) is -0.244. The van der Waals surface area contributed by atoms with Crippen molar-refractivity contribution in [2.45, 2.75) is 30.8 Å². The van der Waals surface area contributed by atoms with E-state index < -0.39 is 10.0 Å². The van der Waals surface area contributed by atoms with E-state index in [1.165, 1.54) is 4.31 Å². The van der Waals surface area contributed by atoms with Gasteiger partial charge in [-0.05, 0) is 31.5 Å². The minimum absolute atomic E-state index is 0.297. The van der Waals surface area contributed by atoms with Gasteiger partial charge in [0.1, 0.15) is 0 Å². The van der Waals surface area contributed by atoms with Gasteiger partial charge in [-0.1, -0.05) is 12.1 Å². The summed E-state index contributed by atoms with van der Waals surface area (Å²) in [6.07, 6.45) is 0. The number of sulfonamides is 1. The van der Waals surface area contributed by atoms with Crippen LogP contribution in [0.4, 0.5) is 0 Å². The molecule has 1 aromatic carbocycles. The Morgan fingerprint density at radius 1 is 1.29 bits per heavy atom. The van der Waals surface area contributed by atoms with E-state index in [0.29, 0.717) is 17.0 Å². The van der Waals surface area contributed by atoms with Crippen LogP contribution in [0.2, 0.25) is 0 Å². The first kappa shape index (κ1) is 16.4. The number of hydrogen-bond acceptors (Lipinski definition) is 4. The second-order valence-electron chi connectivity index (χ2n) is 5.88. The summed E-state index contributed by atoms with van der Waals surface area (Å²) in [5.74, 6) is 0. The molecule has 0 radical (unpaired) electrons. The largest absolute Gasteiger partial charge is 0.312 e. The minimum Gasteiger partial charge on any atom is -0.312 e. The number of benzene rings is 1. The molecular formula is C15H25N3O2S. The van der Waals surface area contributed by atoms with Gasteiger partial charge >= 0.3 is 0 Å². The standard InChI is InChI=1S/C15H25N3O2S/c1-12-11-18(10-9-16-12)13(2)14-5-7-15(8-6-14)21(19,20)17(3)4/h5-8,12-13,16H,9-11H2,1-4H3. The van der Waals surface area contributed by atoms with Crippen LogP contribution < -0.4 is 5.32 Å². The molecule has 2 unspecified atom stereocenters. The Morgan fingerprint density at radius 3 is 2.43 bits per heavy atom. The predicted molar refractivity (Wildman–Crippen MR) is 84.8 cm³/mol. The fourth-order valence-corrected chi connectivity index (χ4v) is 3.56. The maximum Gasteiger partial charge on any atom is 0.242 e. The van der Waals surface area contributed by atoms with Crippen molar-refractivity contribution in [1.82, 2.24) is 14.5 Å². The van der Waals surface area contributed by atoms with Crippen molar-refractivity contribution >= 4 is 10.0 Å². The van der Waals surface area contributed by atoms with E-state index in [-0.39, 0.29) is 0 Å². The third kappa shape index (κ3) is 3.63. The average molecular weight is 311 g/mol. The lowest BCUT2D eigenvalue weighted by molar-refractivity contribution is 0.158. The molecule has 6 heteroatoms. The molecule has 1 N–H and O–H groups in total. The molecular weight excluding hydrogens is 286 g/mol. The van der Waals surface area contributed by atoms with Crippen molar-refractivity contribution in [2.24, 2.45) is 0 Å². The molecule has 1 aliphatic heterocycles. The zero-order valence-corrected chi connectivity index (χ0v) is 14.0. The van der Waals surface area contributed by atoms with E-state index in [9.17, 15) is 8.42 Å². The zero-order chi connectivity index (χ0) is 15.6. The Labute approximate surface area is 128 Å². The zero-order valence-electron chi connectivity index (χ0n) is 13.2. The first-order valence-electron chi connectivity index (χ1n) is 7.32. The van der Waals surface area contributed by atoms with Gasteiger partial charge < -0.3 is 5.32 Å². The van der Waals surface area contributed by atoms with Crippen molar-refractivity contribution < 1.29 is 8.42 Å². The SMILES string of the molecule is CC1CN(C(C)c2ccc(S(=O)(=O)N(C)C)cc2)CCN1. The maximum atomic E-state index is 12.1. The number of nitrogens with one attached hydrogen (secondary N) is 1. The van der Waals surface area contributed by atoms with E-state index in [1.54, 1.807) is 26.2 Å². The first-order chi connectivity index (χ1) is 9.82. The van der Waals surface area contributed by atoms with Gasteiger partial charge in [0.15, 0.2) is 0 Å². The molecule has 1 saturated heterocycles. The van der Waals surface area contributed by atoms with Crippen LogP contribution in [0.3, 0.4) is 0 Å². The topological polar surface area (TPSA) is 52.7 Å². The normalized spacial score (nSPS) is 22.4. The smallest absolute Gasteiger partial charge is 0.242 e. The summed E-state index contributed by atoms with van der Waals surface area (Å²) in [4.78, 5) is 2.77.